The van der Waals surface area contributed by atoms with Crippen molar-refractivity contribution in [3.63, 3.8) is 0 Å². The Hall–Kier alpha value is -1.93. The largest absolute Gasteiger partial charge is 0.322 e. The van der Waals surface area contributed by atoms with Gasteiger partial charge in [-0.1, -0.05) is 22.0 Å². The Morgan fingerprint density at radius 1 is 1.15 bits per heavy atom. The lowest BCUT2D eigenvalue weighted by Crippen LogP contribution is -2.45. The van der Waals surface area contributed by atoms with Gasteiger partial charge in [-0.3, -0.25) is 9.10 Å². The van der Waals surface area contributed by atoms with Crippen molar-refractivity contribution in [3.05, 3.63) is 57.8 Å². The zero-order valence-corrected chi connectivity index (χ0v) is 17.3. The van der Waals surface area contributed by atoms with Crippen LogP contribution in [0.5, 0.6) is 0 Å². The monoisotopic (exact) mass is 442 g/mol. The number of nitrogens with one attached hydrogen (secondary N) is 1. The Morgan fingerprint density at radius 2 is 1.81 bits per heavy atom. The number of rotatable bonds is 5. The molecule has 140 valence electrons. The normalized spacial score (nSPS) is 12.5. The molecule has 0 aliphatic carbocycles. The number of carbonyl (C=O) groups is 1. The lowest BCUT2D eigenvalue weighted by molar-refractivity contribution is -0.116. The molecule has 2 aromatic carbocycles. The average molecular weight is 443 g/mol. The van der Waals surface area contributed by atoms with Gasteiger partial charge < -0.3 is 5.32 Å². The highest BCUT2D eigenvalue weighted by molar-refractivity contribution is 9.10. The van der Waals surface area contributed by atoms with Gasteiger partial charge in [0.15, 0.2) is 0 Å². The zero-order chi connectivity index (χ0) is 19.6. The minimum atomic E-state index is -3.73. The van der Waals surface area contributed by atoms with E-state index in [9.17, 15) is 17.6 Å². The summed E-state index contributed by atoms with van der Waals surface area (Å²) < 4.78 is 40.1. The molecular formula is C18H20BrFN2O3S. The van der Waals surface area contributed by atoms with Gasteiger partial charge in [0, 0.05) is 4.47 Å². The van der Waals surface area contributed by atoms with Crippen molar-refractivity contribution in [2.45, 2.75) is 26.8 Å². The van der Waals surface area contributed by atoms with E-state index in [-0.39, 0.29) is 5.69 Å². The van der Waals surface area contributed by atoms with E-state index in [1.807, 2.05) is 13.8 Å². The van der Waals surface area contributed by atoms with E-state index < -0.39 is 27.8 Å². The van der Waals surface area contributed by atoms with Crippen LogP contribution in [0.25, 0.3) is 0 Å². The van der Waals surface area contributed by atoms with Crippen LogP contribution in [-0.4, -0.2) is 26.6 Å². The van der Waals surface area contributed by atoms with Crippen molar-refractivity contribution in [2.24, 2.45) is 0 Å². The molecule has 1 amide bonds. The minimum Gasteiger partial charge on any atom is -0.322 e. The number of hydrogen-bond donors (Lipinski definition) is 1. The summed E-state index contributed by atoms with van der Waals surface area (Å²) in [5.41, 5.74) is 2.28. The van der Waals surface area contributed by atoms with Gasteiger partial charge in [-0.05, 0) is 62.2 Å². The number of amides is 1. The predicted octanol–water partition coefficient (Wildman–Crippen LogP) is 4.00. The molecule has 0 aliphatic heterocycles. The average Bonchev–Trinajstić information content (AvgIpc) is 2.52. The first-order valence-electron chi connectivity index (χ1n) is 7.83. The van der Waals surface area contributed by atoms with Crippen LogP contribution in [0.2, 0.25) is 0 Å². The third-order valence-corrected chi connectivity index (χ3v) is 5.76. The molecule has 1 N–H and O–H groups in total. The first kappa shape index (κ1) is 20.4. The fourth-order valence-corrected chi connectivity index (χ4v) is 4.00. The Bertz CT molecular complexity index is 947. The second-order valence-corrected chi connectivity index (χ2v) is 8.89. The first-order valence-corrected chi connectivity index (χ1v) is 10.5. The molecule has 0 spiro atoms. The van der Waals surface area contributed by atoms with Gasteiger partial charge in [0.1, 0.15) is 11.9 Å². The van der Waals surface area contributed by atoms with Gasteiger partial charge in [-0.15, -0.1) is 0 Å². The molecule has 1 atom stereocenters. The van der Waals surface area contributed by atoms with Gasteiger partial charge in [0.05, 0.1) is 17.6 Å². The lowest BCUT2D eigenvalue weighted by atomic mass is 10.1. The molecule has 8 heteroatoms. The fourth-order valence-electron chi connectivity index (χ4n) is 2.50. The van der Waals surface area contributed by atoms with Crippen molar-refractivity contribution >= 4 is 43.2 Å². The summed E-state index contributed by atoms with van der Waals surface area (Å²) >= 11 is 3.14. The van der Waals surface area contributed by atoms with E-state index in [4.69, 9.17) is 0 Å². The summed E-state index contributed by atoms with van der Waals surface area (Å²) in [6, 6.07) is 8.30. The van der Waals surface area contributed by atoms with Gasteiger partial charge in [0.2, 0.25) is 15.9 Å². The molecule has 0 saturated carbocycles. The lowest BCUT2D eigenvalue weighted by Gasteiger charge is -2.28. The van der Waals surface area contributed by atoms with Gasteiger partial charge in [-0.25, -0.2) is 12.8 Å². The second kappa shape index (κ2) is 7.75. The van der Waals surface area contributed by atoms with Crippen molar-refractivity contribution in [3.8, 4) is 0 Å². The van der Waals surface area contributed by atoms with E-state index in [2.05, 4.69) is 21.2 Å². The molecule has 0 fully saturated rings. The van der Waals surface area contributed by atoms with Crippen molar-refractivity contribution in [2.75, 3.05) is 15.9 Å². The second-order valence-electron chi connectivity index (χ2n) is 6.12. The molecule has 2 rings (SSSR count). The van der Waals surface area contributed by atoms with Gasteiger partial charge in [-0.2, -0.15) is 0 Å². The Kier molecular flexibility index (Phi) is 6.08. The van der Waals surface area contributed by atoms with Gasteiger partial charge >= 0.3 is 0 Å². The minimum absolute atomic E-state index is 0.0152. The number of nitrogens with zero attached hydrogens (tertiary/aromatic N) is 1. The summed E-state index contributed by atoms with van der Waals surface area (Å²) in [4.78, 5) is 12.6. The third kappa shape index (κ3) is 4.62. The molecule has 0 aliphatic rings. The first-order chi connectivity index (χ1) is 12.0. The molecule has 0 heterocycles. The van der Waals surface area contributed by atoms with E-state index in [1.54, 1.807) is 24.3 Å². The zero-order valence-electron chi connectivity index (χ0n) is 14.9. The van der Waals surface area contributed by atoms with E-state index in [1.165, 1.54) is 19.1 Å². The van der Waals surface area contributed by atoms with Gasteiger partial charge in [0.25, 0.3) is 0 Å². The molecule has 0 aromatic heterocycles. The highest BCUT2D eigenvalue weighted by Gasteiger charge is 2.29. The predicted molar refractivity (Wildman–Crippen MR) is 105 cm³/mol. The van der Waals surface area contributed by atoms with Crippen LogP contribution in [0.4, 0.5) is 15.8 Å². The molecule has 1 unspecified atom stereocenters. The summed E-state index contributed by atoms with van der Waals surface area (Å²) in [5, 5.41) is 2.44. The van der Waals surface area contributed by atoms with Crippen molar-refractivity contribution < 1.29 is 17.6 Å². The summed E-state index contributed by atoms with van der Waals surface area (Å²) in [6.07, 6.45) is 1.03. The maximum atomic E-state index is 14.0. The van der Waals surface area contributed by atoms with Crippen LogP contribution in [0, 0.1) is 19.7 Å². The van der Waals surface area contributed by atoms with Crippen molar-refractivity contribution in [1.29, 1.82) is 0 Å². The Morgan fingerprint density at radius 3 is 2.35 bits per heavy atom. The number of anilines is 2. The number of aryl methyl sites for hydroxylation is 2. The number of halogens is 2. The third-order valence-electron chi connectivity index (χ3n) is 4.02. The maximum absolute atomic E-state index is 14.0. The Labute approximate surface area is 161 Å². The molecule has 0 saturated heterocycles. The quantitative estimate of drug-likeness (QED) is 0.760. The van der Waals surface area contributed by atoms with E-state index in [0.717, 1.165) is 21.7 Å². The van der Waals surface area contributed by atoms with Crippen LogP contribution in [0.1, 0.15) is 18.1 Å². The molecule has 2 aromatic rings. The smallest absolute Gasteiger partial charge is 0.248 e. The highest BCUT2D eigenvalue weighted by atomic mass is 79.9. The van der Waals surface area contributed by atoms with Crippen LogP contribution in [0.15, 0.2) is 40.9 Å². The highest BCUT2D eigenvalue weighted by Crippen LogP contribution is 2.25. The molecular weight excluding hydrogens is 423 g/mol. The van der Waals surface area contributed by atoms with E-state index >= 15 is 0 Å². The number of carbonyl (C=O) groups excluding carboxylic acids is 1. The van der Waals surface area contributed by atoms with Crippen molar-refractivity contribution in [1.82, 2.24) is 0 Å². The topological polar surface area (TPSA) is 66.5 Å². The fraction of sp³-hybridized carbons (Fsp3) is 0.278. The van der Waals surface area contributed by atoms with Crippen LogP contribution >= 0.6 is 15.9 Å². The number of hydrogen-bond acceptors (Lipinski definition) is 3. The summed E-state index contributed by atoms with van der Waals surface area (Å²) in [6.45, 7) is 5.24. The molecule has 5 nitrogen and oxygen atoms in total. The van der Waals surface area contributed by atoms with E-state index in [0.29, 0.717) is 10.2 Å². The number of benzene rings is 2. The van der Waals surface area contributed by atoms with Crippen LogP contribution in [-0.2, 0) is 14.8 Å². The SMILES string of the molecule is Cc1ccc(N(C(C)C(=O)Nc2ccc(Br)cc2F)S(C)(=O)=O)cc1C. The van der Waals surface area contributed by atoms with Crippen LogP contribution in [0.3, 0.4) is 0 Å². The molecule has 0 bridgehead atoms. The summed E-state index contributed by atoms with van der Waals surface area (Å²) in [7, 11) is -3.73. The standard InChI is InChI=1S/C18H20BrFN2O3S/c1-11-5-7-15(9-12(11)2)22(26(4,24)25)13(3)18(23)21-17-8-6-14(19)10-16(17)20/h5-10,13H,1-4H3,(H,21,23). The van der Waals surface area contributed by atoms with Crippen LogP contribution < -0.4 is 9.62 Å². The molecule has 26 heavy (non-hydrogen) atoms. The molecule has 0 radical (unpaired) electrons. The Balaban J connectivity index is 2.35. The number of sulfonamides is 1. The maximum Gasteiger partial charge on any atom is 0.248 e. The summed E-state index contributed by atoms with van der Waals surface area (Å²) in [5.74, 6) is -1.24.